The highest BCUT2D eigenvalue weighted by molar-refractivity contribution is 7.89. The Morgan fingerprint density at radius 3 is 2.29 bits per heavy atom. The molecule has 8 nitrogen and oxygen atoms in total. The van der Waals surface area contributed by atoms with Crippen LogP contribution in [0.5, 0.6) is 0 Å². The molecule has 0 heterocycles. The molecule has 0 aliphatic heterocycles. The number of carbonyl (C=O) groups is 1. The van der Waals surface area contributed by atoms with Crippen molar-refractivity contribution in [1.82, 2.24) is 10.0 Å². The number of benzene rings is 1. The lowest BCUT2D eigenvalue weighted by molar-refractivity contribution is -0.139. The molecular weight excluding hydrogens is 332 g/mol. The Morgan fingerprint density at radius 2 is 1.83 bits per heavy atom. The van der Waals surface area contributed by atoms with E-state index in [4.69, 9.17) is 11.1 Å². The zero-order valence-corrected chi connectivity index (χ0v) is 14.8. The van der Waals surface area contributed by atoms with Gasteiger partial charge in [-0.3, -0.25) is 10.2 Å². The van der Waals surface area contributed by atoms with Crippen molar-refractivity contribution in [3.05, 3.63) is 28.8 Å². The highest BCUT2D eigenvalue weighted by Gasteiger charge is 2.27. The second-order valence-corrected chi connectivity index (χ2v) is 7.37. The Bertz CT molecular complexity index is 708. The van der Waals surface area contributed by atoms with E-state index in [1.54, 1.807) is 26.0 Å². The number of carboxylic acids is 1. The van der Waals surface area contributed by atoms with Crippen molar-refractivity contribution in [3.63, 3.8) is 0 Å². The molecule has 1 rings (SSSR count). The number of carboxylic acid groups (broad SMARTS) is 1. The molecule has 0 saturated carbocycles. The fraction of sp³-hybridized carbons (Fsp3) is 0.467. The molecule has 1 atom stereocenters. The van der Waals surface area contributed by atoms with Gasteiger partial charge in [-0.05, 0) is 44.7 Å². The quantitative estimate of drug-likeness (QED) is 0.262. The summed E-state index contributed by atoms with van der Waals surface area (Å²) < 4.78 is 27.5. The normalized spacial score (nSPS) is 12.6. The Hall–Kier alpha value is -2.13. The van der Waals surface area contributed by atoms with Crippen molar-refractivity contribution in [2.24, 2.45) is 5.73 Å². The predicted molar refractivity (Wildman–Crippen MR) is 91.5 cm³/mol. The number of hydrogen-bond acceptors (Lipinski definition) is 4. The van der Waals surface area contributed by atoms with E-state index < -0.39 is 22.0 Å². The second-order valence-electron chi connectivity index (χ2n) is 5.72. The molecule has 1 aromatic carbocycles. The lowest BCUT2D eigenvalue weighted by Crippen LogP contribution is -2.42. The van der Waals surface area contributed by atoms with Crippen LogP contribution in [-0.2, 0) is 14.8 Å². The van der Waals surface area contributed by atoms with Crippen LogP contribution in [-0.4, -0.2) is 38.0 Å². The SMILES string of the molecule is Cc1cc(C)c(S(=O)(=O)N[C@@H](CCCNC(=N)N)C(=O)O)c(C)c1. The van der Waals surface area contributed by atoms with Gasteiger partial charge in [0.1, 0.15) is 6.04 Å². The second kappa shape index (κ2) is 8.11. The molecule has 0 aliphatic carbocycles. The average Bonchev–Trinajstić information content (AvgIpc) is 2.39. The summed E-state index contributed by atoms with van der Waals surface area (Å²) in [5, 5.41) is 18.8. The van der Waals surface area contributed by atoms with Gasteiger partial charge in [0.05, 0.1) is 4.90 Å². The lowest BCUT2D eigenvalue weighted by atomic mass is 10.1. The van der Waals surface area contributed by atoms with Crippen LogP contribution in [0.25, 0.3) is 0 Å². The number of aliphatic carboxylic acids is 1. The first-order valence-corrected chi connectivity index (χ1v) is 8.94. The van der Waals surface area contributed by atoms with E-state index in [0.29, 0.717) is 24.1 Å². The van der Waals surface area contributed by atoms with Gasteiger partial charge in [-0.25, -0.2) is 8.42 Å². The third kappa shape index (κ3) is 5.50. The van der Waals surface area contributed by atoms with Crippen molar-refractivity contribution in [2.45, 2.75) is 44.6 Å². The topological polar surface area (TPSA) is 145 Å². The minimum Gasteiger partial charge on any atom is -0.480 e. The molecule has 0 radical (unpaired) electrons. The first-order chi connectivity index (χ1) is 11.0. The van der Waals surface area contributed by atoms with Crippen LogP contribution in [0.3, 0.4) is 0 Å². The van der Waals surface area contributed by atoms with Gasteiger partial charge in [-0.15, -0.1) is 0 Å². The summed E-state index contributed by atoms with van der Waals surface area (Å²) in [6, 6.07) is 2.24. The minimum absolute atomic E-state index is 0.0821. The van der Waals surface area contributed by atoms with Gasteiger partial charge in [0.15, 0.2) is 5.96 Å². The van der Waals surface area contributed by atoms with E-state index in [1.165, 1.54) is 0 Å². The zero-order chi connectivity index (χ0) is 18.5. The molecule has 0 aromatic heterocycles. The van der Waals surface area contributed by atoms with Crippen molar-refractivity contribution < 1.29 is 18.3 Å². The van der Waals surface area contributed by atoms with Crippen molar-refractivity contribution in [1.29, 1.82) is 5.41 Å². The molecule has 0 spiro atoms. The van der Waals surface area contributed by atoms with Gasteiger partial charge in [0.25, 0.3) is 0 Å². The Balaban J connectivity index is 2.93. The molecule has 0 fully saturated rings. The summed E-state index contributed by atoms with van der Waals surface area (Å²) in [7, 11) is -3.95. The van der Waals surface area contributed by atoms with E-state index in [0.717, 1.165) is 5.56 Å². The van der Waals surface area contributed by atoms with E-state index in [1.807, 2.05) is 6.92 Å². The summed E-state index contributed by atoms with van der Waals surface area (Å²) in [6.45, 7) is 5.53. The third-order valence-electron chi connectivity index (χ3n) is 3.45. The van der Waals surface area contributed by atoms with Crippen LogP contribution in [0.2, 0.25) is 0 Å². The molecule has 6 N–H and O–H groups in total. The van der Waals surface area contributed by atoms with Gasteiger partial charge >= 0.3 is 5.97 Å². The Morgan fingerprint density at radius 1 is 1.29 bits per heavy atom. The van der Waals surface area contributed by atoms with Crippen LogP contribution in [0.4, 0.5) is 0 Å². The summed E-state index contributed by atoms with van der Waals surface area (Å²) >= 11 is 0. The molecule has 9 heteroatoms. The first kappa shape index (κ1) is 19.9. The molecule has 0 unspecified atom stereocenters. The lowest BCUT2D eigenvalue weighted by Gasteiger charge is -2.18. The monoisotopic (exact) mass is 356 g/mol. The van der Waals surface area contributed by atoms with Crippen molar-refractivity contribution in [3.8, 4) is 0 Å². The number of nitrogens with one attached hydrogen (secondary N) is 3. The highest BCUT2D eigenvalue weighted by atomic mass is 32.2. The van der Waals surface area contributed by atoms with Gasteiger partial charge < -0.3 is 16.2 Å². The summed E-state index contributed by atoms with van der Waals surface area (Å²) in [5.74, 6) is -1.46. The van der Waals surface area contributed by atoms with E-state index in [2.05, 4.69) is 10.0 Å². The fourth-order valence-electron chi connectivity index (χ4n) is 2.60. The largest absolute Gasteiger partial charge is 0.480 e. The van der Waals surface area contributed by atoms with E-state index >= 15 is 0 Å². The molecular formula is C15H24N4O4S. The number of nitrogens with two attached hydrogens (primary N) is 1. The molecule has 1 aromatic rings. The first-order valence-electron chi connectivity index (χ1n) is 7.45. The molecule has 134 valence electrons. The molecule has 24 heavy (non-hydrogen) atoms. The minimum atomic E-state index is -3.95. The van der Waals surface area contributed by atoms with Crippen LogP contribution >= 0.6 is 0 Å². The number of rotatable bonds is 8. The van der Waals surface area contributed by atoms with Gasteiger partial charge in [-0.1, -0.05) is 17.7 Å². The van der Waals surface area contributed by atoms with Crippen molar-refractivity contribution >= 4 is 22.0 Å². The Kier molecular flexibility index (Phi) is 6.73. The smallest absolute Gasteiger partial charge is 0.321 e. The third-order valence-corrected chi connectivity index (χ3v) is 5.23. The number of sulfonamides is 1. The van der Waals surface area contributed by atoms with Crippen molar-refractivity contribution in [2.75, 3.05) is 6.54 Å². The number of hydrogen-bond donors (Lipinski definition) is 5. The summed E-state index contributed by atoms with van der Waals surface area (Å²) in [4.78, 5) is 11.5. The maximum absolute atomic E-state index is 12.6. The highest BCUT2D eigenvalue weighted by Crippen LogP contribution is 2.22. The zero-order valence-electron chi connectivity index (χ0n) is 14.0. The van der Waals surface area contributed by atoms with E-state index in [-0.39, 0.29) is 17.3 Å². The van der Waals surface area contributed by atoms with E-state index in [9.17, 15) is 18.3 Å². The molecule has 0 amide bonds. The maximum Gasteiger partial charge on any atom is 0.321 e. The van der Waals surface area contributed by atoms with Gasteiger partial charge in [0, 0.05) is 6.54 Å². The summed E-state index contributed by atoms with van der Waals surface area (Å²) in [6.07, 6.45) is 0.434. The number of guanidine groups is 1. The average molecular weight is 356 g/mol. The molecule has 0 saturated heterocycles. The van der Waals surface area contributed by atoms with Gasteiger partial charge in [-0.2, -0.15) is 4.72 Å². The molecule has 0 bridgehead atoms. The standard InChI is InChI=1S/C15H24N4O4S/c1-9-7-10(2)13(11(3)8-9)24(22,23)19-12(14(20)21)5-4-6-18-15(16)17/h7-8,12,19H,4-6H2,1-3H3,(H,20,21)(H4,16,17,18)/t12-/m0/s1. The Labute approximate surface area is 142 Å². The number of aryl methyl sites for hydroxylation is 3. The van der Waals surface area contributed by atoms with Crippen LogP contribution in [0.15, 0.2) is 17.0 Å². The van der Waals surface area contributed by atoms with Crippen LogP contribution in [0, 0.1) is 26.2 Å². The van der Waals surface area contributed by atoms with Crippen LogP contribution in [0.1, 0.15) is 29.5 Å². The molecule has 0 aliphatic rings. The fourth-order valence-corrected chi connectivity index (χ4v) is 4.28. The summed E-state index contributed by atoms with van der Waals surface area (Å²) in [5.41, 5.74) is 7.22. The van der Waals surface area contributed by atoms with Gasteiger partial charge in [0.2, 0.25) is 10.0 Å². The maximum atomic E-state index is 12.6. The predicted octanol–water partition coefficient (Wildman–Crippen LogP) is 0.607. The van der Waals surface area contributed by atoms with Crippen LogP contribution < -0.4 is 15.8 Å².